The van der Waals surface area contributed by atoms with Crippen molar-refractivity contribution in [2.75, 3.05) is 58.5 Å². The van der Waals surface area contributed by atoms with Crippen LogP contribution in [0.15, 0.2) is 4.99 Å². The molecule has 25 heavy (non-hydrogen) atoms. The first kappa shape index (κ1) is 24.4. The molecule has 148 valence electrons. The van der Waals surface area contributed by atoms with Crippen LogP contribution < -0.4 is 5.32 Å². The number of piperidine rings is 1. The van der Waals surface area contributed by atoms with E-state index < -0.39 is 9.84 Å². The Morgan fingerprint density at radius 1 is 1.28 bits per heavy atom. The quantitative estimate of drug-likeness (QED) is 0.174. The lowest BCUT2D eigenvalue weighted by atomic mass is 9.97. The predicted octanol–water partition coefficient (Wildman–Crippen LogP) is 0.516. The van der Waals surface area contributed by atoms with Gasteiger partial charge in [-0.15, -0.1) is 24.0 Å². The first-order chi connectivity index (χ1) is 11.4. The zero-order valence-electron chi connectivity index (χ0n) is 15.2. The zero-order chi connectivity index (χ0) is 18.0. The number of nitrogens with one attached hydrogen (secondary N) is 1. The van der Waals surface area contributed by atoms with Crippen molar-refractivity contribution in [1.29, 1.82) is 0 Å². The third kappa shape index (κ3) is 10.2. The molecule has 1 rings (SSSR count). The van der Waals surface area contributed by atoms with Crippen molar-refractivity contribution in [3.8, 4) is 0 Å². The summed E-state index contributed by atoms with van der Waals surface area (Å²) in [5.74, 6) is 0.648. The Hall–Kier alpha value is -0.620. The Morgan fingerprint density at radius 3 is 2.44 bits per heavy atom. The van der Waals surface area contributed by atoms with Crippen molar-refractivity contribution < 1.29 is 22.7 Å². The highest BCUT2D eigenvalue weighted by Gasteiger charge is 2.26. The van der Waals surface area contributed by atoms with E-state index in [-0.39, 0.29) is 48.2 Å². The molecule has 1 aliphatic heterocycles. The maximum absolute atomic E-state index is 11.6. The summed E-state index contributed by atoms with van der Waals surface area (Å²) in [7, 11) is -1.57. The monoisotopic (exact) mass is 491 g/mol. The predicted molar refractivity (Wildman–Crippen MR) is 108 cm³/mol. The van der Waals surface area contributed by atoms with Crippen molar-refractivity contribution in [3.05, 3.63) is 0 Å². The number of methoxy groups -OCH3 is 1. The molecule has 1 fully saturated rings. The van der Waals surface area contributed by atoms with Crippen LogP contribution in [-0.4, -0.2) is 83.8 Å². The van der Waals surface area contributed by atoms with Gasteiger partial charge in [-0.25, -0.2) is 8.42 Å². The van der Waals surface area contributed by atoms with Gasteiger partial charge in [0.15, 0.2) is 5.96 Å². The highest BCUT2D eigenvalue weighted by Crippen LogP contribution is 2.18. The number of halogens is 1. The van der Waals surface area contributed by atoms with Gasteiger partial charge in [-0.2, -0.15) is 0 Å². The van der Waals surface area contributed by atoms with Crippen LogP contribution in [0.4, 0.5) is 0 Å². The third-order valence-corrected chi connectivity index (χ3v) is 4.67. The number of sulfone groups is 1. The number of carbonyl (C=O) groups is 1. The second kappa shape index (κ2) is 12.7. The van der Waals surface area contributed by atoms with Gasteiger partial charge in [-0.3, -0.25) is 9.79 Å². The Morgan fingerprint density at radius 2 is 1.92 bits per heavy atom. The average Bonchev–Trinajstić information content (AvgIpc) is 2.55. The Balaban J connectivity index is 0.00000576. The number of aliphatic imine (C=N–C) groups is 1. The first-order valence-corrected chi connectivity index (χ1v) is 10.3. The molecule has 1 aliphatic rings. The van der Waals surface area contributed by atoms with Gasteiger partial charge in [0.25, 0.3) is 0 Å². The van der Waals surface area contributed by atoms with Gasteiger partial charge in [0.05, 0.1) is 38.5 Å². The topological polar surface area (TPSA) is 97.3 Å². The number of esters is 1. The fourth-order valence-electron chi connectivity index (χ4n) is 2.45. The molecule has 1 saturated heterocycles. The molecule has 0 unspecified atom stereocenters. The lowest BCUT2D eigenvalue weighted by Crippen LogP contribution is -2.46. The number of rotatable bonds is 8. The van der Waals surface area contributed by atoms with Crippen LogP contribution >= 0.6 is 24.0 Å². The van der Waals surface area contributed by atoms with Crippen molar-refractivity contribution in [2.24, 2.45) is 10.9 Å². The average molecular weight is 491 g/mol. The fraction of sp³-hybridized carbons (Fsp3) is 0.867. The molecule has 0 spiro atoms. The second-order valence-electron chi connectivity index (χ2n) is 5.76. The number of nitrogens with zero attached hydrogens (tertiary/aromatic N) is 2. The highest BCUT2D eigenvalue weighted by atomic mass is 127. The van der Waals surface area contributed by atoms with E-state index in [0.29, 0.717) is 13.2 Å². The first-order valence-electron chi connectivity index (χ1n) is 8.24. The molecule has 0 radical (unpaired) electrons. The molecule has 0 bridgehead atoms. The van der Waals surface area contributed by atoms with Gasteiger partial charge in [-0.1, -0.05) is 0 Å². The molecule has 0 aromatic carbocycles. The van der Waals surface area contributed by atoms with E-state index in [2.05, 4.69) is 15.2 Å². The van der Waals surface area contributed by atoms with E-state index in [1.165, 1.54) is 13.4 Å². The third-order valence-electron chi connectivity index (χ3n) is 3.76. The summed E-state index contributed by atoms with van der Waals surface area (Å²) in [6.07, 6.45) is 2.69. The number of hydrogen-bond acceptors (Lipinski definition) is 6. The van der Waals surface area contributed by atoms with E-state index in [1.807, 2.05) is 6.92 Å². The smallest absolute Gasteiger partial charge is 0.308 e. The molecule has 0 aromatic rings. The van der Waals surface area contributed by atoms with E-state index in [1.54, 1.807) is 0 Å². The van der Waals surface area contributed by atoms with Crippen LogP contribution in [0.2, 0.25) is 0 Å². The Bertz CT molecular complexity index is 519. The van der Waals surface area contributed by atoms with E-state index >= 15 is 0 Å². The minimum Gasteiger partial charge on any atom is -0.469 e. The molecule has 0 saturated carbocycles. The molecule has 1 N–H and O–H groups in total. The summed E-state index contributed by atoms with van der Waals surface area (Å²) in [4.78, 5) is 18.2. The zero-order valence-corrected chi connectivity index (χ0v) is 18.3. The van der Waals surface area contributed by atoms with Crippen LogP contribution in [0, 0.1) is 5.92 Å². The maximum Gasteiger partial charge on any atom is 0.308 e. The lowest BCUT2D eigenvalue weighted by molar-refractivity contribution is -0.146. The van der Waals surface area contributed by atoms with Gasteiger partial charge >= 0.3 is 5.97 Å². The van der Waals surface area contributed by atoms with Crippen LogP contribution in [0.1, 0.15) is 19.8 Å². The van der Waals surface area contributed by atoms with E-state index in [0.717, 1.165) is 38.4 Å². The van der Waals surface area contributed by atoms with Crippen molar-refractivity contribution in [2.45, 2.75) is 19.8 Å². The van der Waals surface area contributed by atoms with Crippen molar-refractivity contribution in [1.82, 2.24) is 10.2 Å². The lowest BCUT2D eigenvalue weighted by Gasteiger charge is -2.33. The number of ether oxygens (including phenoxy) is 2. The van der Waals surface area contributed by atoms with Crippen molar-refractivity contribution in [3.63, 3.8) is 0 Å². The normalized spacial score (nSPS) is 16.3. The Labute approximate surface area is 167 Å². The molecular formula is C15H30IN3O5S. The summed E-state index contributed by atoms with van der Waals surface area (Å²) >= 11 is 0. The SMILES string of the molecule is CCNC(=NCCOCCS(C)(=O)=O)N1CCC(C(=O)OC)CC1.I. The molecule has 10 heteroatoms. The summed E-state index contributed by atoms with van der Waals surface area (Å²) < 4.78 is 32.1. The minimum absolute atomic E-state index is 0. The highest BCUT2D eigenvalue weighted by molar-refractivity contribution is 14.0. The van der Waals surface area contributed by atoms with Crippen molar-refractivity contribution >= 4 is 45.7 Å². The molecule has 0 aromatic heterocycles. The van der Waals surface area contributed by atoms with Gasteiger partial charge in [0.1, 0.15) is 9.84 Å². The number of guanidine groups is 1. The summed E-state index contributed by atoms with van der Waals surface area (Å²) in [6, 6.07) is 0. The summed E-state index contributed by atoms with van der Waals surface area (Å²) in [5, 5.41) is 3.23. The van der Waals surface area contributed by atoms with Crippen LogP contribution in [-0.2, 0) is 24.1 Å². The molecule has 0 amide bonds. The largest absolute Gasteiger partial charge is 0.469 e. The molecule has 8 nitrogen and oxygen atoms in total. The van der Waals surface area contributed by atoms with Gasteiger partial charge < -0.3 is 19.7 Å². The maximum atomic E-state index is 11.6. The van der Waals surface area contributed by atoms with Crippen LogP contribution in [0.25, 0.3) is 0 Å². The van der Waals surface area contributed by atoms with Gasteiger partial charge in [0.2, 0.25) is 0 Å². The Kier molecular flexibility index (Phi) is 12.4. The molecular weight excluding hydrogens is 461 g/mol. The van der Waals surface area contributed by atoms with E-state index in [9.17, 15) is 13.2 Å². The van der Waals surface area contributed by atoms with Gasteiger partial charge in [-0.05, 0) is 19.8 Å². The number of hydrogen-bond donors (Lipinski definition) is 1. The fourth-order valence-corrected chi connectivity index (χ4v) is 2.87. The van der Waals surface area contributed by atoms with E-state index in [4.69, 9.17) is 9.47 Å². The van der Waals surface area contributed by atoms with Gasteiger partial charge in [0, 0.05) is 25.9 Å². The molecule has 0 aliphatic carbocycles. The van der Waals surface area contributed by atoms with Crippen LogP contribution in [0.3, 0.4) is 0 Å². The molecule has 1 heterocycles. The number of likely N-dealkylation sites (tertiary alicyclic amines) is 1. The standard InChI is InChI=1S/C15H29N3O5S.HI/c1-4-16-15(17-7-10-23-11-12-24(3,20)21)18-8-5-13(6-9-18)14(19)22-2;/h13H,4-12H2,1-3H3,(H,16,17);1H. The summed E-state index contributed by atoms with van der Waals surface area (Å²) in [6.45, 7) is 5.28. The summed E-state index contributed by atoms with van der Waals surface area (Å²) in [5.41, 5.74) is 0. The second-order valence-corrected chi connectivity index (χ2v) is 8.02. The molecule has 0 atom stereocenters. The van der Waals surface area contributed by atoms with Crippen LogP contribution in [0.5, 0.6) is 0 Å². The number of carbonyl (C=O) groups excluding carboxylic acids is 1. The minimum atomic E-state index is -2.99.